The van der Waals surface area contributed by atoms with Crippen molar-refractivity contribution in [2.45, 2.75) is 39.7 Å². The minimum absolute atomic E-state index is 0.0713. The minimum atomic E-state index is -0.644. The molecular weight excluding hydrogens is 394 g/mol. The van der Waals surface area contributed by atoms with Crippen molar-refractivity contribution in [3.05, 3.63) is 59.7 Å². The zero-order valence-electron chi connectivity index (χ0n) is 18.2. The quantitative estimate of drug-likeness (QED) is 0.667. The van der Waals surface area contributed by atoms with Gasteiger partial charge < -0.3 is 20.3 Å². The van der Waals surface area contributed by atoms with Crippen LogP contribution >= 0.6 is 0 Å². The van der Waals surface area contributed by atoms with Crippen LogP contribution in [0, 0.1) is 5.92 Å². The number of nitrogens with one attached hydrogen (secondary N) is 2. The van der Waals surface area contributed by atoms with Gasteiger partial charge in [0.1, 0.15) is 6.04 Å². The number of urea groups is 1. The van der Waals surface area contributed by atoms with Gasteiger partial charge in [-0.1, -0.05) is 44.2 Å². The molecule has 0 bridgehead atoms. The smallest absolute Gasteiger partial charge is 0.319 e. The van der Waals surface area contributed by atoms with E-state index in [0.29, 0.717) is 18.8 Å². The van der Waals surface area contributed by atoms with Crippen LogP contribution in [-0.2, 0) is 27.2 Å². The predicted octanol–water partition coefficient (Wildman–Crippen LogP) is 3.53. The number of carbonyl (C=O) groups excluding carboxylic acids is 3. The van der Waals surface area contributed by atoms with Gasteiger partial charge in [-0.2, -0.15) is 0 Å². The summed E-state index contributed by atoms with van der Waals surface area (Å²) >= 11 is 0. The van der Waals surface area contributed by atoms with E-state index >= 15 is 0 Å². The van der Waals surface area contributed by atoms with Gasteiger partial charge in [0.2, 0.25) is 5.91 Å². The summed E-state index contributed by atoms with van der Waals surface area (Å²) in [4.78, 5) is 39.1. The van der Waals surface area contributed by atoms with E-state index in [2.05, 4.69) is 10.6 Å². The van der Waals surface area contributed by atoms with Crippen molar-refractivity contribution in [3.63, 3.8) is 0 Å². The maximum Gasteiger partial charge on any atom is 0.319 e. The molecule has 2 aromatic rings. The summed E-state index contributed by atoms with van der Waals surface area (Å²) in [7, 11) is 0. The fourth-order valence-corrected chi connectivity index (χ4v) is 3.64. The van der Waals surface area contributed by atoms with E-state index in [4.69, 9.17) is 4.74 Å². The van der Waals surface area contributed by atoms with Crippen molar-refractivity contribution < 1.29 is 19.1 Å². The lowest BCUT2D eigenvalue weighted by atomic mass is 10.0. The number of ether oxygens (including phenoxy) is 1. The highest BCUT2D eigenvalue weighted by Gasteiger charge is 2.32. The lowest BCUT2D eigenvalue weighted by Gasteiger charge is -2.27. The highest BCUT2D eigenvalue weighted by atomic mass is 16.5. The maximum absolute atomic E-state index is 13.2. The summed E-state index contributed by atoms with van der Waals surface area (Å²) in [5.41, 5.74) is 3.43. The lowest BCUT2D eigenvalue weighted by Crippen LogP contribution is -2.52. The van der Waals surface area contributed by atoms with Gasteiger partial charge in [-0.25, -0.2) is 4.79 Å². The molecule has 1 atom stereocenters. The number of anilines is 2. The molecule has 1 aliphatic heterocycles. The molecule has 1 heterocycles. The number of para-hydroxylation sites is 1. The molecule has 7 heteroatoms. The topological polar surface area (TPSA) is 87.7 Å². The molecular formula is C24H29N3O4. The van der Waals surface area contributed by atoms with Crippen LogP contribution in [0.1, 0.15) is 31.9 Å². The molecule has 31 heavy (non-hydrogen) atoms. The Morgan fingerprint density at radius 2 is 1.77 bits per heavy atom. The number of benzene rings is 2. The zero-order chi connectivity index (χ0) is 22.4. The Morgan fingerprint density at radius 3 is 2.45 bits per heavy atom. The number of hydrogen-bond donors (Lipinski definition) is 2. The van der Waals surface area contributed by atoms with Gasteiger partial charge in [-0.15, -0.1) is 0 Å². The van der Waals surface area contributed by atoms with E-state index in [9.17, 15) is 14.4 Å². The predicted molar refractivity (Wildman–Crippen MR) is 120 cm³/mol. The molecule has 1 unspecified atom stereocenters. The number of amides is 3. The summed E-state index contributed by atoms with van der Waals surface area (Å²) in [5.74, 6) is -0.472. The second-order valence-corrected chi connectivity index (χ2v) is 7.87. The molecule has 164 valence electrons. The van der Waals surface area contributed by atoms with Crippen LogP contribution in [-0.4, -0.2) is 37.1 Å². The largest absolute Gasteiger partial charge is 0.466 e. The van der Waals surface area contributed by atoms with E-state index in [1.54, 1.807) is 36.1 Å². The van der Waals surface area contributed by atoms with Gasteiger partial charge >= 0.3 is 12.0 Å². The zero-order valence-corrected chi connectivity index (χ0v) is 18.2. The van der Waals surface area contributed by atoms with E-state index < -0.39 is 12.1 Å². The van der Waals surface area contributed by atoms with Crippen molar-refractivity contribution in [2.75, 3.05) is 23.4 Å². The molecule has 0 fully saturated rings. The average Bonchev–Trinajstić information content (AvgIpc) is 3.17. The summed E-state index contributed by atoms with van der Waals surface area (Å²) in [6.07, 6.45) is 0.999. The first-order valence-electron chi connectivity index (χ1n) is 10.6. The standard InChI is InChI=1S/C24H29N3O4/c1-4-31-21(28)15-17-9-11-19(12-10-17)25-24(30)26-22(16(2)3)23(29)27-14-13-18-7-5-6-8-20(18)27/h5-12,16,22H,4,13-15H2,1-3H3,(H2,25,26,30). The van der Waals surface area contributed by atoms with Crippen LogP contribution in [0.25, 0.3) is 0 Å². The number of hydrogen-bond acceptors (Lipinski definition) is 4. The molecule has 0 spiro atoms. The first kappa shape index (κ1) is 22.3. The molecule has 0 saturated heterocycles. The van der Waals surface area contributed by atoms with E-state index in [1.807, 2.05) is 38.1 Å². The molecule has 0 radical (unpaired) electrons. The second kappa shape index (κ2) is 10.1. The Balaban J connectivity index is 1.61. The summed E-state index contributed by atoms with van der Waals surface area (Å²) < 4.78 is 4.94. The molecule has 2 aromatic carbocycles. The Labute approximate surface area is 182 Å². The monoisotopic (exact) mass is 423 g/mol. The Kier molecular flexibility index (Phi) is 7.28. The summed E-state index contributed by atoms with van der Waals surface area (Å²) in [6, 6.07) is 13.7. The van der Waals surface area contributed by atoms with Gasteiger partial charge in [0, 0.05) is 17.9 Å². The molecule has 1 aliphatic rings. The average molecular weight is 424 g/mol. The van der Waals surface area contributed by atoms with Crippen LogP contribution < -0.4 is 15.5 Å². The van der Waals surface area contributed by atoms with Gasteiger partial charge in [0.05, 0.1) is 13.0 Å². The Hall–Kier alpha value is -3.35. The molecule has 3 amide bonds. The number of esters is 1. The number of fused-ring (bicyclic) bond motifs is 1. The van der Waals surface area contributed by atoms with Crippen LogP contribution in [0.2, 0.25) is 0 Å². The van der Waals surface area contributed by atoms with Gasteiger partial charge in [-0.3, -0.25) is 9.59 Å². The van der Waals surface area contributed by atoms with Crippen molar-refractivity contribution in [1.29, 1.82) is 0 Å². The van der Waals surface area contributed by atoms with Crippen LogP contribution in [0.15, 0.2) is 48.5 Å². The van der Waals surface area contributed by atoms with Gasteiger partial charge in [-0.05, 0) is 48.6 Å². The molecule has 7 nitrogen and oxygen atoms in total. The first-order valence-corrected chi connectivity index (χ1v) is 10.6. The van der Waals surface area contributed by atoms with Crippen molar-refractivity contribution in [3.8, 4) is 0 Å². The fourth-order valence-electron chi connectivity index (χ4n) is 3.64. The number of nitrogens with zero attached hydrogens (tertiary/aromatic N) is 1. The third-order valence-electron chi connectivity index (χ3n) is 5.24. The fraction of sp³-hybridized carbons (Fsp3) is 0.375. The van der Waals surface area contributed by atoms with Crippen molar-refractivity contribution >= 4 is 29.3 Å². The van der Waals surface area contributed by atoms with Gasteiger partial charge in [0.25, 0.3) is 0 Å². The molecule has 2 N–H and O–H groups in total. The lowest BCUT2D eigenvalue weighted by molar-refractivity contribution is -0.142. The SMILES string of the molecule is CCOC(=O)Cc1ccc(NC(=O)NC(C(=O)N2CCc3ccccc32)C(C)C)cc1. The van der Waals surface area contributed by atoms with Crippen LogP contribution in [0.5, 0.6) is 0 Å². The minimum Gasteiger partial charge on any atom is -0.466 e. The molecule has 0 saturated carbocycles. The Morgan fingerprint density at radius 1 is 1.06 bits per heavy atom. The van der Waals surface area contributed by atoms with E-state index in [1.165, 1.54) is 0 Å². The first-order chi connectivity index (χ1) is 14.9. The van der Waals surface area contributed by atoms with Crippen molar-refractivity contribution in [1.82, 2.24) is 5.32 Å². The van der Waals surface area contributed by atoms with Gasteiger partial charge in [0.15, 0.2) is 0 Å². The van der Waals surface area contributed by atoms with E-state index in [-0.39, 0.29) is 24.2 Å². The van der Waals surface area contributed by atoms with E-state index in [0.717, 1.165) is 23.2 Å². The third-order valence-corrected chi connectivity index (χ3v) is 5.24. The summed E-state index contributed by atoms with van der Waals surface area (Å²) in [5, 5.41) is 5.58. The molecule has 0 aromatic heterocycles. The highest BCUT2D eigenvalue weighted by Crippen LogP contribution is 2.28. The third kappa shape index (κ3) is 5.63. The maximum atomic E-state index is 13.2. The normalized spacial score (nSPS) is 13.5. The Bertz CT molecular complexity index is 940. The van der Waals surface area contributed by atoms with Crippen LogP contribution in [0.4, 0.5) is 16.2 Å². The summed E-state index contributed by atoms with van der Waals surface area (Å²) in [6.45, 7) is 6.55. The van der Waals surface area contributed by atoms with Crippen LogP contribution in [0.3, 0.4) is 0 Å². The highest BCUT2D eigenvalue weighted by molar-refractivity contribution is 6.02. The van der Waals surface area contributed by atoms with Crippen molar-refractivity contribution in [2.24, 2.45) is 5.92 Å². The molecule has 0 aliphatic carbocycles. The number of carbonyl (C=O) groups is 3. The molecule has 3 rings (SSSR count). The second-order valence-electron chi connectivity index (χ2n) is 7.87. The number of rotatable bonds is 7.